The Kier molecular flexibility index (Phi) is 4.13. The highest BCUT2D eigenvalue weighted by atomic mass is 19.3. The lowest BCUT2D eigenvalue weighted by atomic mass is 10.0. The maximum absolute atomic E-state index is 12.9. The van der Waals surface area contributed by atoms with Gasteiger partial charge < -0.3 is 10.3 Å². The molecule has 7 heteroatoms. The molecule has 1 atom stereocenters. The quantitative estimate of drug-likeness (QED) is 0.819. The van der Waals surface area contributed by atoms with E-state index >= 15 is 0 Å². The lowest BCUT2D eigenvalue weighted by molar-refractivity contribution is -0.138. The van der Waals surface area contributed by atoms with E-state index in [0.717, 1.165) is 10.9 Å². The van der Waals surface area contributed by atoms with Gasteiger partial charge in [-0.2, -0.15) is 8.78 Å². The van der Waals surface area contributed by atoms with E-state index in [-0.39, 0.29) is 5.92 Å². The van der Waals surface area contributed by atoms with E-state index in [2.05, 4.69) is 4.98 Å². The number of hydrogen-bond donors (Lipinski definition) is 1. The van der Waals surface area contributed by atoms with E-state index in [1.165, 1.54) is 6.20 Å². The van der Waals surface area contributed by atoms with E-state index in [0.29, 0.717) is 5.69 Å². The Morgan fingerprint density at radius 3 is 2.47 bits per heavy atom. The van der Waals surface area contributed by atoms with Crippen LogP contribution in [-0.2, 0) is 6.54 Å². The Labute approximate surface area is 96.6 Å². The van der Waals surface area contributed by atoms with Crippen molar-refractivity contribution in [2.24, 2.45) is 11.7 Å². The van der Waals surface area contributed by atoms with Gasteiger partial charge in [-0.3, -0.25) is 0 Å². The lowest BCUT2D eigenvalue weighted by Gasteiger charge is -2.21. The van der Waals surface area contributed by atoms with Crippen LogP contribution in [0.2, 0.25) is 0 Å². The topological polar surface area (TPSA) is 43.8 Å². The molecule has 0 aromatic carbocycles. The Morgan fingerprint density at radius 2 is 2.00 bits per heavy atom. The minimum absolute atomic E-state index is 0.00521. The zero-order chi connectivity index (χ0) is 13.2. The number of hydrogen-bond acceptors (Lipinski definition) is 2. The van der Waals surface area contributed by atoms with Gasteiger partial charge in [-0.05, 0) is 5.92 Å². The summed E-state index contributed by atoms with van der Waals surface area (Å²) in [5.74, 6) is -4.07. The largest absolute Gasteiger partial charge is 0.327 e. The summed E-state index contributed by atoms with van der Waals surface area (Å²) in [5, 5.41) is 0. The minimum atomic E-state index is -4.08. The molecule has 0 saturated heterocycles. The zero-order valence-electron chi connectivity index (χ0n) is 9.58. The van der Waals surface area contributed by atoms with Crippen molar-refractivity contribution in [3.05, 3.63) is 18.2 Å². The van der Waals surface area contributed by atoms with Gasteiger partial charge in [0.05, 0.1) is 18.6 Å². The van der Waals surface area contributed by atoms with Gasteiger partial charge >= 0.3 is 12.3 Å². The first-order valence-corrected chi connectivity index (χ1v) is 5.17. The summed E-state index contributed by atoms with van der Waals surface area (Å²) < 4.78 is 51.0. The van der Waals surface area contributed by atoms with E-state index in [4.69, 9.17) is 5.73 Å². The van der Waals surface area contributed by atoms with Crippen LogP contribution in [0.3, 0.4) is 0 Å². The highest BCUT2D eigenvalue weighted by Gasteiger charge is 2.41. The molecule has 0 spiro atoms. The number of nitrogens with zero attached hydrogens (tertiary/aromatic N) is 2. The van der Waals surface area contributed by atoms with Crippen LogP contribution in [0.4, 0.5) is 17.6 Å². The molecule has 0 aliphatic carbocycles. The highest BCUT2D eigenvalue weighted by Crippen LogP contribution is 2.27. The maximum atomic E-state index is 12.9. The van der Waals surface area contributed by atoms with E-state index < -0.39 is 24.9 Å². The number of aromatic nitrogens is 2. The average molecular weight is 253 g/mol. The third-order valence-corrected chi connectivity index (χ3v) is 2.50. The molecule has 0 aliphatic heterocycles. The molecule has 98 valence electrons. The first-order valence-electron chi connectivity index (χ1n) is 5.17. The predicted octanol–water partition coefficient (Wildman–Crippen LogP) is 2.44. The Bertz CT molecular complexity index is 362. The summed E-state index contributed by atoms with van der Waals surface area (Å²) in [6.45, 7) is 2.51. The van der Waals surface area contributed by atoms with Gasteiger partial charge in [0.15, 0.2) is 0 Å². The van der Waals surface area contributed by atoms with Crippen molar-refractivity contribution in [1.82, 2.24) is 9.55 Å². The van der Waals surface area contributed by atoms with Gasteiger partial charge in [-0.15, -0.1) is 0 Å². The Balaban J connectivity index is 2.90. The molecule has 0 radical (unpaired) electrons. The third kappa shape index (κ3) is 3.18. The second-order valence-electron chi connectivity index (χ2n) is 4.28. The van der Waals surface area contributed by atoms with Gasteiger partial charge in [0.2, 0.25) is 0 Å². The number of nitrogens with two attached hydrogens (primary N) is 1. The summed E-state index contributed by atoms with van der Waals surface area (Å²) in [6, 6.07) is -0.508. The maximum Gasteiger partial charge on any atom is 0.324 e. The monoisotopic (exact) mass is 253 g/mol. The van der Waals surface area contributed by atoms with E-state index in [9.17, 15) is 17.6 Å². The smallest absolute Gasteiger partial charge is 0.324 e. The van der Waals surface area contributed by atoms with E-state index in [1.807, 2.05) is 13.8 Å². The van der Waals surface area contributed by atoms with Crippen LogP contribution in [0, 0.1) is 5.92 Å². The number of imidazole rings is 1. The van der Waals surface area contributed by atoms with Crippen LogP contribution < -0.4 is 5.73 Å². The van der Waals surface area contributed by atoms with Crippen LogP contribution >= 0.6 is 0 Å². The van der Waals surface area contributed by atoms with Crippen molar-refractivity contribution in [2.75, 3.05) is 0 Å². The summed E-state index contributed by atoms with van der Waals surface area (Å²) in [7, 11) is 0. The molecule has 3 nitrogen and oxygen atoms in total. The summed E-state index contributed by atoms with van der Waals surface area (Å²) in [5.41, 5.74) is 6.12. The number of rotatable bonds is 5. The van der Waals surface area contributed by atoms with Gasteiger partial charge in [-0.25, -0.2) is 13.8 Å². The second kappa shape index (κ2) is 5.03. The molecule has 0 saturated carbocycles. The van der Waals surface area contributed by atoms with Crippen molar-refractivity contribution in [2.45, 2.75) is 38.8 Å². The number of halogens is 4. The summed E-state index contributed by atoms with van der Waals surface area (Å²) >= 11 is 0. The molecular weight excluding hydrogens is 238 g/mol. The minimum Gasteiger partial charge on any atom is -0.327 e. The number of alkyl halides is 4. The molecule has 17 heavy (non-hydrogen) atoms. The molecule has 0 amide bonds. The van der Waals surface area contributed by atoms with Gasteiger partial charge in [0, 0.05) is 12.2 Å². The molecular formula is C10H15F4N3. The van der Waals surface area contributed by atoms with Crippen molar-refractivity contribution >= 4 is 0 Å². The van der Waals surface area contributed by atoms with Crippen LogP contribution in [0.1, 0.15) is 25.6 Å². The van der Waals surface area contributed by atoms with Gasteiger partial charge in [-0.1, -0.05) is 13.8 Å². The van der Waals surface area contributed by atoms with Crippen LogP contribution in [0.15, 0.2) is 12.5 Å². The first-order chi connectivity index (χ1) is 7.75. The van der Waals surface area contributed by atoms with Crippen LogP contribution in [0.25, 0.3) is 0 Å². The second-order valence-corrected chi connectivity index (χ2v) is 4.28. The molecule has 1 heterocycles. The Morgan fingerprint density at radius 1 is 1.41 bits per heavy atom. The normalized spacial score (nSPS) is 14.6. The first kappa shape index (κ1) is 14.0. The molecule has 0 bridgehead atoms. The molecule has 1 rings (SSSR count). The van der Waals surface area contributed by atoms with Crippen molar-refractivity contribution < 1.29 is 17.6 Å². The Hall–Kier alpha value is -1.11. The van der Waals surface area contributed by atoms with Crippen molar-refractivity contribution in [3.8, 4) is 0 Å². The predicted molar refractivity (Wildman–Crippen MR) is 54.9 cm³/mol. The van der Waals surface area contributed by atoms with Gasteiger partial charge in [0.25, 0.3) is 0 Å². The molecule has 1 aromatic rings. The lowest BCUT2D eigenvalue weighted by Crippen LogP contribution is -2.33. The third-order valence-electron chi connectivity index (χ3n) is 2.50. The van der Waals surface area contributed by atoms with Crippen LogP contribution in [-0.4, -0.2) is 21.9 Å². The molecule has 0 aliphatic rings. The van der Waals surface area contributed by atoms with Crippen LogP contribution in [0.5, 0.6) is 0 Å². The zero-order valence-corrected chi connectivity index (χ0v) is 9.58. The standard InChI is InChI=1S/C10H15F4N3/c1-6(2)8(15)7-3-16-5-17(7)4-10(13,14)9(11)12/h3,5-6,8-9H,4,15H2,1-2H3. The van der Waals surface area contributed by atoms with Crippen molar-refractivity contribution in [1.29, 1.82) is 0 Å². The summed E-state index contributed by atoms with van der Waals surface area (Å²) in [4.78, 5) is 3.67. The van der Waals surface area contributed by atoms with Crippen molar-refractivity contribution in [3.63, 3.8) is 0 Å². The van der Waals surface area contributed by atoms with E-state index in [1.54, 1.807) is 0 Å². The fourth-order valence-electron chi connectivity index (χ4n) is 1.38. The average Bonchev–Trinajstić information content (AvgIpc) is 2.63. The molecule has 1 aromatic heterocycles. The van der Waals surface area contributed by atoms with Gasteiger partial charge in [0.1, 0.15) is 0 Å². The molecule has 2 N–H and O–H groups in total. The fourth-order valence-corrected chi connectivity index (χ4v) is 1.38. The SMILES string of the molecule is CC(C)C(N)c1cncn1CC(F)(F)C(F)F. The highest BCUT2D eigenvalue weighted by molar-refractivity contribution is 5.06. The molecule has 1 unspecified atom stereocenters. The fraction of sp³-hybridized carbons (Fsp3) is 0.700. The molecule has 0 fully saturated rings. The summed E-state index contributed by atoms with van der Waals surface area (Å²) in [6.07, 6.45) is -1.28.